The van der Waals surface area contributed by atoms with Gasteiger partial charge in [-0.15, -0.1) is 0 Å². The van der Waals surface area contributed by atoms with Crippen molar-refractivity contribution in [3.8, 4) is 23.0 Å². The average Bonchev–Trinajstić information content (AvgIpc) is 3.55. The second kappa shape index (κ2) is 19.0. The van der Waals surface area contributed by atoms with Crippen LogP contribution in [0.1, 0.15) is 84.0 Å². The van der Waals surface area contributed by atoms with Crippen LogP contribution >= 0.6 is 0 Å². The summed E-state index contributed by atoms with van der Waals surface area (Å²) >= 11 is 0. The number of piperazine rings is 2. The number of aromatic hydroxyl groups is 4. The maximum absolute atomic E-state index is 14.0. The highest BCUT2D eigenvalue weighted by atomic mass is 16.6. The number of phenolic OH excluding ortho intramolecular Hbond substituents is 4. The predicted molar refractivity (Wildman–Crippen MR) is 266 cm³/mol. The SMILES string of the molecule is C.C=C1CC[N+](C)(O)CCN1c1ccc(N2CC[N+](C)(O)CCC2=O)c2c1C(=O)c1c(O)ccc(O)c1C2=O.C[N+]1(O)CCN(c2ccc(N3CC[N+](C)(O)CC3=O)c3c2C(=O)c2c(O)ccc(O)c2C3=O)C(=O)C1. The lowest BCUT2D eigenvalue weighted by atomic mass is 9.80. The third kappa shape index (κ3) is 9.48. The number of carbonyl (C=O) groups excluding carboxylic acids is 7. The number of anilines is 4. The standard InChI is InChI=1S/C27H30N4O7.C24H24N4O8.CH4/c1-16-8-12-30(2,37)14-10-28(16)17-4-5-18(29-11-15-31(3,38)13-9-21(29)34)23-22(17)26(35)24-19(32)6-7-20(33)25(24)27(23)36;1-27(35)9-7-25(17(31)11-27)13-3-4-14(26-8-10-28(2,36)12-18(26)32)20-19(13)23(33)21-15(29)5-6-16(30)22(21)24(20)34;/h4-7,37-38H,1,8-15H2,2-3H3;3-6,35-36H,7-12H2,1-2H3;1H4/p+4. The molecule has 4 saturated heterocycles. The van der Waals surface area contributed by atoms with Crippen molar-refractivity contribution in [1.82, 2.24) is 0 Å². The molecule has 4 aliphatic heterocycles. The molecule has 23 nitrogen and oxygen atoms in total. The largest absolute Gasteiger partial charge is 0.507 e. The summed E-state index contributed by atoms with van der Waals surface area (Å²) in [6.45, 7) is 5.67. The van der Waals surface area contributed by atoms with Crippen LogP contribution in [0.4, 0.5) is 22.7 Å². The van der Waals surface area contributed by atoms with Crippen LogP contribution in [0.2, 0.25) is 0 Å². The Hall–Kier alpha value is -7.61. The number of phenols is 4. The number of hydroxylamine groups is 12. The van der Waals surface area contributed by atoms with Crippen molar-refractivity contribution in [2.45, 2.75) is 20.3 Å². The molecule has 396 valence electrons. The number of ketones is 4. The van der Waals surface area contributed by atoms with Gasteiger partial charge in [-0.3, -0.25) is 33.6 Å². The number of likely N-dealkylation sites (N-methyl/N-ethyl adjacent to an activating group) is 4. The molecule has 0 saturated carbocycles. The van der Waals surface area contributed by atoms with Crippen molar-refractivity contribution in [2.75, 3.05) is 126 Å². The molecule has 0 radical (unpaired) electrons. The smallest absolute Gasteiger partial charge is 0.285 e. The van der Waals surface area contributed by atoms with Crippen LogP contribution in [-0.2, 0) is 14.4 Å². The first kappa shape index (κ1) is 53.7. The number of hydrogen-bond donors (Lipinski definition) is 8. The number of rotatable bonds is 4. The normalized spacial score (nSPS) is 25.8. The van der Waals surface area contributed by atoms with Crippen LogP contribution in [0.25, 0.3) is 0 Å². The Kier molecular flexibility index (Phi) is 13.6. The predicted octanol–water partition coefficient (Wildman–Crippen LogP) is 2.88. The molecule has 4 fully saturated rings. The van der Waals surface area contributed by atoms with Gasteiger partial charge in [-0.1, -0.05) is 14.0 Å². The van der Waals surface area contributed by atoms with Crippen molar-refractivity contribution < 1.29 is 93.4 Å². The molecule has 8 N–H and O–H groups in total. The van der Waals surface area contributed by atoms with E-state index in [-0.39, 0.29) is 150 Å². The lowest BCUT2D eigenvalue weighted by Gasteiger charge is -2.38. The number of carbonyl (C=O) groups is 7. The van der Waals surface area contributed by atoms with E-state index >= 15 is 0 Å². The Bertz CT molecular complexity index is 2980. The zero-order valence-electron chi connectivity index (χ0n) is 41.2. The fourth-order valence-corrected chi connectivity index (χ4v) is 10.5. The highest BCUT2D eigenvalue weighted by Crippen LogP contribution is 2.47. The molecule has 4 atom stereocenters. The maximum Gasteiger partial charge on any atom is 0.285 e. The van der Waals surface area contributed by atoms with E-state index < -0.39 is 67.2 Å². The minimum atomic E-state index is -0.781. The van der Waals surface area contributed by atoms with Crippen molar-refractivity contribution in [3.05, 3.63) is 105 Å². The van der Waals surface area contributed by atoms with Gasteiger partial charge in [0.1, 0.15) is 62.3 Å². The summed E-state index contributed by atoms with van der Waals surface area (Å²) in [5, 5.41) is 83.7. The van der Waals surface area contributed by atoms with Crippen molar-refractivity contribution >= 4 is 63.6 Å². The molecule has 0 aromatic heterocycles. The lowest BCUT2D eigenvalue weighted by Crippen LogP contribution is -2.59. The number of quaternary nitrogens is 4. The fraction of sp³-hybridized carbons (Fsp3) is 0.365. The van der Waals surface area contributed by atoms with Gasteiger partial charge in [0.2, 0.25) is 29.0 Å². The number of fused-ring (bicyclic) bond motifs is 4. The average molecular weight is 1040 g/mol. The monoisotopic (exact) mass is 1040 g/mol. The number of nitrogens with zero attached hydrogens (tertiary/aromatic N) is 8. The minimum Gasteiger partial charge on any atom is -0.507 e. The summed E-state index contributed by atoms with van der Waals surface area (Å²) in [6, 6.07) is 10.7. The number of benzene rings is 4. The quantitative estimate of drug-likeness (QED) is 0.0931. The van der Waals surface area contributed by atoms with E-state index in [0.717, 1.165) is 24.3 Å². The number of amides is 3. The Balaban J connectivity index is 0.000000197. The summed E-state index contributed by atoms with van der Waals surface area (Å²) in [5.74, 6) is -6.08. The van der Waals surface area contributed by atoms with Crippen LogP contribution in [0, 0.1) is 0 Å². The van der Waals surface area contributed by atoms with Gasteiger partial charge >= 0.3 is 0 Å². The Morgan fingerprint density at radius 3 is 0.960 bits per heavy atom. The Morgan fingerprint density at radius 1 is 0.373 bits per heavy atom. The molecular weight excluding hydrogens is 977 g/mol. The zero-order chi connectivity index (χ0) is 53.7. The van der Waals surface area contributed by atoms with Gasteiger partial charge < -0.3 is 40.0 Å². The van der Waals surface area contributed by atoms with Crippen LogP contribution in [0.15, 0.2) is 60.8 Å². The lowest BCUT2D eigenvalue weighted by molar-refractivity contribution is -1.09. The molecule has 4 heterocycles. The van der Waals surface area contributed by atoms with Gasteiger partial charge in [-0.2, -0.15) is 18.6 Å². The molecule has 10 rings (SSSR count). The molecule has 4 aromatic rings. The van der Waals surface area contributed by atoms with Gasteiger partial charge in [0, 0.05) is 12.1 Å². The third-order valence-corrected chi connectivity index (χ3v) is 14.8. The highest BCUT2D eigenvalue weighted by Gasteiger charge is 2.46. The fourth-order valence-electron chi connectivity index (χ4n) is 10.5. The van der Waals surface area contributed by atoms with E-state index in [0.29, 0.717) is 37.4 Å². The van der Waals surface area contributed by atoms with Crippen molar-refractivity contribution in [3.63, 3.8) is 0 Å². The third-order valence-electron chi connectivity index (χ3n) is 14.8. The molecule has 6 aliphatic rings. The molecular formula is C52H62N8O15+4. The van der Waals surface area contributed by atoms with E-state index in [9.17, 15) is 74.8 Å². The molecule has 4 aromatic carbocycles. The second-order valence-corrected chi connectivity index (χ2v) is 20.6. The van der Waals surface area contributed by atoms with Gasteiger partial charge in [-0.05, 0) is 48.5 Å². The minimum absolute atomic E-state index is 0. The summed E-state index contributed by atoms with van der Waals surface area (Å²) in [7, 11) is 6.24. The van der Waals surface area contributed by atoms with E-state index in [2.05, 4.69) is 6.58 Å². The zero-order valence-corrected chi connectivity index (χ0v) is 41.2. The van der Waals surface area contributed by atoms with Crippen molar-refractivity contribution in [1.29, 1.82) is 0 Å². The Morgan fingerprint density at radius 2 is 0.640 bits per heavy atom. The number of hydrogen-bond acceptors (Lipinski definition) is 16. The summed E-state index contributed by atoms with van der Waals surface area (Å²) in [4.78, 5) is 100. The first-order valence-electron chi connectivity index (χ1n) is 23.9. The summed E-state index contributed by atoms with van der Waals surface area (Å²) in [5.41, 5.74) is -0.373. The molecule has 0 spiro atoms. The van der Waals surface area contributed by atoms with Gasteiger partial charge in [0.15, 0.2) is 13.1 Å². The van der Waals surface area contributed by atoms with Crippen LogP contribution in [0.5, 0.6) is 23.0 Å². The van der Waals surface area contributed by atoms with Crippen LogP contribution in [0.3, 0.4) is 0 Å². The molecule has 2 aliphatic carbocycles. The highest BCUT2D eigenvalue weighted by molar-refractivity contribution is 6.35. The summed E-state index contributed by atoms with van der Waals surface area (Å²) in [6.07, 6.45) is 0.468. The Labute approximate surface area is 430 Å². The summed E-state index contributed by atoms with van der Waals surface area (Å²) < 4.78 is -1.65. The van der Waals surface area contributed by atoms with Crippen molar-refractivity contribution in [2.24, 2.45) is 0 Å². The van der Waals surface area contributed by atoms with Crippen LogP contribution in [-0.4, -0.2) is 207 Å². The van der Waals surface area contributed by atoms with E-state index in [1.807, 2.05) is 0 Å². The second-order valence-electron chi connectivity index (χ2n) is 20.6. The first-order valence-corrected chi connectivity index (χ1v) is 23.9. The maximum atomic E-state index is 14.0. The molecule has 23 heteroatoms. The van der Waals surface area contributed by atoms with Gasteiger partial charge in [0.25, 0.3) is 11.8 Å². The molecule has 75 heavy (non-hydrogen) atoms. The van der Waals surface area contributed by atoms with Gasteiger partial charge in [-0.25, -0.2) is 20.8 Å². The van der Waals surface area contributed by atoms with Crippen LogP contribution < -0.4 is 19.6 Å². The molecule has 0 bridgehead atoms. The van der Waals surface area contributed by atoms with E-state index in [1.54, 1.807) is 31.1 Å². The van der Waals surface area contributed by atoms with E-state index in [4.69, 9.17) is 0 Å². The molecule has 4 unspecified atom stereocenters. The van der Waals surface area contributed by atoms with E-state index in [1.165, 1.54) is 40.9 Å². The topological polar surface area (TPSA) is 294 Å². The van der Waals surface area contributed by atoms with Gasteiger partial charge in [0.05, 0.1) is 128 Å². The molecule has 3 amide bonds. The first-order chi connectivity index (χ1) is 34.6.